The molecular weight excluding hydrogens is 342 g/mol. The van der Waals surface area contributed by atoms with E-state index >= 15 is 0 Å². The predicted octanol–water partition coefficient (Wildman–Crippen LogP) is 3.03. The van der Waals surface area contributed by atoms with Crippen LogP contribution in [-0.2, 0) is 13.1 Å². The molecule has 3 rings (SSSR count). The first kappa shape index (κ1) is 20.7. The van der Waals surface area contributed by atoms with Crippen LogP contribution in [0.5, 0.6) is 0 Å². The molecule has 2 unspecified atom stereocenters. The van der Waals surface area contributed by atoms with Crippen LogP contribution < -0.4 is 5.73 Å². The quantitative estimate of drug-likeness (QED) is 0.663. The topological polar surface area (TPSA) is 99.7 Å². The Hall–Kier alpha value is -2.61. The molecule has 3 heterocycles. The molecule has 27 heavy (non-hydrogen) atoms. The fraction of sp³-hybridized carbons (Fsp3) is 0.526. The smallest absolute Gasteiger partial charge is 0.0817 e. The van der Waals surface area contributed by atoms with E-state index in [2.05, 4.69) is 35.3 Å². The number of anilines is 1. The monoisotopic (exact) mass is 373 g/mol. The van der Waals surface area contributed by atoms with E-state index in [-0.39, 0.29) is 12.1 Å². The first-order valence-electron chi connectivity index (χ1n) is 9.54. The van der Waals surface area contributed by atoms with Crippen LogP contribution in [-0.4, -0.2) is 34.4 Å². The molecular formula is C19H31N7O. The van der Waals surface area contributed by atoms with Crippen molar-refractivity contribution in [2.75, 3.05) is 5.73 Å². The van der Waals surface area contributed by atoms with Gasteiger partial charge >= 0.3 is 0 Å². The molecule has 3 aromatic heterocycles. The van der Waals surface area contributed by atoms with Crippen molar-refractivity contribution in [1.82, 2.24) is 29.3 Å². The minimum absolute atomic E-state index is 0.220. The summed E-state index contributed by atoms with van der Waals surface area (Å²) in [6, 6.07) is 0.220. The number of nitrogen functional groups attached to an aromatic ring is 1. The van der Waals surface area contributed by atoms with E-state index in [1.807, 2.05) is 46.5 Å². The first-order chi connectivity index (χ1) is 13.0. The summed E-state index contributed by atoms with van der Waals surface area (Å²) in [5.41, 5.74) is 8.46. The Bertz CT molecular complexity index is 804. The molecule has 8 nitrogen and oxygen atoms in total. The van der Waals surface area contributed by atoms with Crippen molar-refractivity contribution < 1.29 is 5.11 Å². The SMILES string of the molecule is CCC(O)c1cnn(CC)c1.CCC(c1cnn(CC)c1)n1cc(N)cn1. The molecule has 148 valence electrons. The zero-order chi connectivity index (χ0) is 19.8. The highest BCUT2D eigenvalue weighted by Gasteiger charge is 2.14. The summed E-state index contributed by atoms with van der Waals surface area (Å²) < 4.78 is 5.63. The van der Waals surface area contributed by atoms with Gasteiger partial charge in [-0.15, -0.1) is 0 Å². The van der Waals surface area contributed by atoms with Crippen LogP contribution in [0.4, 0.5) is 5.69 Å². The number of hydrogen-bond acceptors (Lipinski definition) is 5. The van der Waals surface area contributed by atoms with Crippen LogP contribution in [0, 0.1) is 0 Å². The van der Waals surface area contributed by atoms with Crippen LogP contribution in [0.15, 0.2) is 37.2 Å². The maximum Gasteiger partial charge on any atom is 0.0817 e. The van der Waals surface area contributed by atoms with Gasteiger partial charge in [0, 0.05) is 42.8 Å². The highest BCUT2D eigenvalue weighted by Crippen LogP contribution is 2.21. The van der Waals surface area contributed by atoms with Crippen molar-refractivity contribution in [3.05, 3.63) is 48.3 Å². The van der Waals surface area contributed by atoms with Gasteiger partial charge in [-0.25, -0.2) is 0 Å². The predicted molar refractivity (Wildman–Crippen MR) is 106 cm³/mol. The van der Waals surface area contributed by atoms with Crippen molar-refractivity contribution in [3.63, 3.8) is 0 Å². The van der Waals surface area contributed by atoms with Crippen molar-refractivity contribution in [3.8, 4) is 0 Å². The fourth-order valence-corrected chi connectivity index (χ4v) is 2.78. The van der Waals surface area contributed by atoms with E-state index < -0.39 is 0 Å². The molecule has 0 saturated carbocycles. The summed E-state index contributed by atoms with van der Waals surface area (Å²) in [5.74, 6) is 0. The Balaban J connectivity index is 0.000000208. The lowest BCUT2D eigenvalue weighted by atomic mass is 10.1. The Kier molecular flexibility index (Phi) is 7.60. The summed E-state index contributed by atoms with van der Waals surface area (Å²) in [7, 11) is 0. The maximum atomic E-state index is 9.38. The molecule has 0 bridgehead atoms. The van der Waals surface area contributed by atoms with Crippen LogP contribution in [0.3, 0.4) is 0 Å². The molecule has 0 aliphatic rings. The van der Waals surface area contributed by atoms with Crippen molar-refractivity contribution in [2.45, 2.75) is 65.8 Å². The molecule has 0 amide bonds. The second-order valence-electron chi connectivity index (χ2n) is 6.36. The second-order valence-corrected chi connectivity index (χ2v) is 6.36. The molecule has 3 aromatic rings. The Morgan fingerprint density at radius 3 is 1.89 bits per heavy atom. The normalized spacial score (nSPS) is 13.1. The number of aryl methyl sites for hydroxylation is 2. The van der Waals surface area contributed by atoms with Crippen LogP contribution >= 0.6 is 0 Å². The molecule has 8 heteroatoms. The highest BCUT2D eigenvalue weighted by atomic mass is 16.3. The minimum atomic E-state index is -0.352. The minimum Gasteiger partial charge on any atom is -0.396 e. The van der Waals surface area contributed by atoms with E-state index in [9.17, 15) is 5.11 Å². The lowest BCUT2D eigenvalue weighted by Crippen LogP contribution is -2.09. The summed E-state index contributed by atoms with van der Waals surface area (Å²) in [5, 5.41) is 22.0. The van der Waals surface area contributed by atoms with Gasteiger partial charge in [-0.2, -0.15) is 15.3 Å². The van der Waals surface area contributed by atoms with E-state index in [1.165, 1.54) is 5.56 Å². The van der Waals surface area contributed by atoms with Gasteiger partial charge in [0.2, 0.25) is 0 Å². The zero-order valence-corrected chi connectivity index (χ0v) is 16.7. The summed E-state index contributed by atoms with van der Waals surface area (Å²) in [4.78, 5) is 0. The molecule has 0 radical (unpaired) electrons. The summed E-state index contributed by atoms with van der Waals surface area (Å²) in [6.45, 7) is 9.92. The average molecular weight is 374 g/mol. The number of aliphatic hydroxyl groups excluding tert-OH is 1. The van der Waals surface area contributed by atoms with Crippen LogP contribution in [0.1, 0.15) is 63.8 Å². The largest absolute Gasteiger partial charge is 0.396 e. The third-order valence-corrected chi connectivity index (χ3v) is 4.44. The number of rotatable bonds is 7. The van der Waals surface area contributed by atoms with E-state index in [4.69, 9.17) is 5.73 Å². The number of nitrogens with zero attached hydrogens (tertiary/aromatic N) is 6. The van der Waals surface area contributed by atoms with Crippen LogP contribution in [0.2, 0.25) is 0 Å². The van der Waals surface area contributed by atoms with Gasteiger partial charge in [-0.05, 0) is 26.7 Å². The molecule has 0 spiro atoms. The maximum absolute atomic E-state index is 9.38. The van der Waals surface area contributed by atoms with Gasteiger partial charge < -0.3 is 10.8 Å². The van der Waals surface area contributed by atoms with Crippen molar-refractivity contribution >= 4 is 5.69 Å². The van der Waals surface area contributed by atoms with Crippen LogP contribution in [0.25, 0.3) is 0 Å². The van der Waals surface area contributed by atoms with E-state index in [0.717, 1.165) is 31.5 Å². The number of aliphatic hydroxyl groups is 1. The molecule has 0 aromatic carbocycles. The van der Waals surface area contributed by atoms with Crippen molar-refractivity contribution in [2.24, 2.45) is 0 Å². The zero-order valence-electron chi connectivity index (χ0n) is 16.7. The van der Waals surface area contributed by atoms with Gasteiger partial charge in [0.1, 0.15) is 0 Å². The van der Waals surface area contributed by atoms with Gasteiger partial charge in [-0.1, -0.05) is 13.8 Å². The van der Waals surface area contributed by atoms with Crippen molar-refractivity contribution in [1.29, 1.82) is 0 Å². The average Bonchev–Trinajstić information content (AvgIpc) is 3.43. The number of nitrogens with two attached hydrogens (primary N) is 1. The molecule has 3 N–H and O–H groups in total. The molecule has 0 aliphatic heterocycles. The lowest BCUT2D eigenvalue weighted by molar-refractivity contribution is 0.173. The number of aromatic nitrogens is 6. The van der Waals surface area contributed by atoms with E-state index in [1.54, 1.807) is 12.4 Å². The van der Waals surface area contributed by atoms with Gasteiger partial charge in [0.15, 0.2) is 0 Å². The number of hydrogen-bond donors (Lipinski definition) is 2. The second kappa shape index (κ2) is 9.91. The molecule has 2 atom stereocenters. The fourth-order valence-electron chi connectivity index (χ4n) is 2.78. The molecule has 0 fully saturated rings. The highest BCUT2D eigenvalue weighted by molar-refractivity contribution is 5.31. The Labute approximate surface area is 160 Å². The van der Waals surface area contributed by atoms with E-state index in [0.29, 0.717) is 5.69 Å². The van der Waals surface area contributed by atoms with Gasteiger partial charge in [-0.3, -0.25) is 14.0 Å². The standard InChI is InChI=1S/C11H17N5.C8H14N2O/c1-3-11(16-8-10(12)6-14-16)9-5-13-15(4-2)7-9;1-3-8(11)7-5-9-10(4-2)6-7/h5-8,11H,3-4,12H2,1-2H3;5-6,8,11H,3-4H2,1-2H3. The summed E-state index contributed by atoms with van der Waals surface area (Å²) >= 11 is 0. The third kappa shape index (κ3) is 5.43. The lowest BCUT2D eigenvalue weighted by Gasteiger charge is -2.13. The molecule has 0 aliphatic carbocycles. The van der Waals surface area contributed by atoms with Gasteiger partial charge in [0.25, 0.3) is 0 Å². The Morgan fingerprint density at radius 1 is 0.852 bits per heavy atom. The first-order valence-corrected chi connectivity index (χ1v) is 9.54. The third-order valence-electron chi connectivity index (χ3n) is 4.44. The summed E-state index contributed by atoms with van der Waals surface area (Å²) in [6.07, 6.45) is 12.5. The van der Waals surface area contributed by atoms with Gasteiger partial charge in [0.05, 0.1) is 36.4 Å². The molecule has 0 saturated heterocycles. The Morgan fingerprint density at radius 2 is 1.44 bits per heavy atom.